The minimum atomic E-state index is -0.831. The van der Waals surface area contributed by atoms with Crippen LogP contribution in [0.4, 0.5) is 14.9 Å². The molecule has 3 aromatic rings. The van der Waals surface area contributed by atoms with Gasteiger partial charge in [0.2, 0.25) is 5.43 Å². The van der Waals surface area contributed by atoms with Gasteiger partial charge in [0.15, 0.2) is 17.3 Å². The maximum absolute atomic E-state index is 15.7. The van der Waals surface area contributed by atoms with E-state index in [4.69, 9.17) is 32.7 Å². The van der Waals surface area contributed by atoms with Crippen molar-refractivity contribution < 1.29 is 18.7 Å². The molecule has 1 aliphatic heterocycles. The Hall–Kier alpha value is -3.01. The molecule has 2 N–H and O–H groups in total. The van der Waals surface area contributed by atoms with Gasteiger partial charge in [-0.1, -0.05) is 29.3 Å². The minimum absolute atomic E-state index is 0.0760. The molecule has 0 bridgehead atoms. The smallest absolute Gasteiger partial charge is 0.413 e. The van der Waals surface area contributed by atoms with Crippen LogP contribution in [-0.2, 0) is 6.54 Å². The number of carbonyl (C=O) groups is 1. The van der Waals surface area contributed by atoms with Crippen LogP contribution in [0.25, 0.3) is 10.9 Å². The number of hydrogen-bond donors (Lipinski definition) is 2. The number of carbonyl (C=O) groups excluding carboxylic acids is 1. The SMILES string of the molecule is COc1c(N2CC(C)NC(C)C2)c(F)cc2c(=O)c(OC(=O)NCc3ccc(Cl)cc3Cl)cn(C3CC3)c12. The third kappa shape index (κ3) is 5.28. The number of fused-ring (bicyclic) bond motifs is 1. The lowest BCUT2D eigenvalue weighted by atomic mass is 10.1. The van der Waals surface area contributed by atoms with Crippen molar-refractivity contribution in [3.05, 3.63) is 62.1 Å². The fourth-order valence-corrected chi connectivity index (χ4v) is 5.57. The molecule has 1 saturated heterocycles. The molecule has 0 spiro atoms. The van der Waals surface area contributed by atoms with E-state index in [9.17, 15) is 9.59 Å². The normalized spacial score (nSPS) is 19.5. The fourth-order valence-electron chi connectivity index (χ4n) is 5.10. The van der Waals surface area contributed by atoms with Crippen LogP contribution in [0.15, 0.2) is 35.3 Å². The monoisotopic (exact) mass is 562 g/mol. The first-order valence-electron chi connectivity index (χ1n) is 12.5. The molecule has 38 heavy (non-hydrogen) atoms. The molecule has 1 saturated carbocycles. The van der Waals surface area contributed by atoms with Crippen LogP contribution in [-0.4, -0.2) is 42.9 Å². The standard InChI is InChI=1S/C27H29Cl2FN4O4/c1-14-11-33(12-15(2)32-14)24-21(30)9-19-23(26(24)37-3)34(18-6-7-18)13-22(25(19)35)38-27(36)31-10-16-4-5-17(28)8-20(16)29/h4-5,8-9,13-15,18,32H,6-7,10-12H2,1-3H3,(H,31,36). The van der Waals surface area contributed by atoms with Crippen molar-refractivity contribution in [3.8, 4) is 11.5 Å². The zero-order valence-corrected chi connectivity index (χ0v) is 22.8. The van der Waals surface area contributed by atoms with Gasteiger partial charge in [0.05, 0.1) is 24.2 Å². The zero-order chi connectivity index (χ0) is 27.1. The molecule has 1 aromatic heterocycles. The molecule has 2 heterocycles. The molecule has 11 heteroatoms. The van der Waals surface area contributed by atoms with Crippen molar-refractivity contribution in [2.75, 3.05) is 25.1 Å². The highest BCUT2D eigenvalue weighted by atomic mass is 35.5. The highest BCUT2D eigenvalue weighted by molar-refractivity contribution is 6.35. The second kappa shape index (κ2) is 10.6. The third-order valence-corrected chi connectivity index (χ3v) is 7.41. The summed E-state index contributed by atoms with van der Waals surface area (Å²) in [5, 5.41) is 7.01. The second-order valence-electron chi connectivity index (χ2n) is 9.95. The van der Waals surface area contributed by atoms with Gasteiger partial charge in [0, 0.05) is 47.8 Å². The summed E-state index contributed by atoms with van der Waals surface area (Å²) in [6.45, 7) is 5.35. The number of benzene rings is 2. The molecule has 202 valence electrons. The average molecular weight is 563 g/mol. The Morgan fingerprint density at radius 3 is 2.53 bits per heavy atom. The number of ether oxygens (including phenoxy) is 2. The average Bonchev–Trinajstić information content (AvgIpc) is 3.69. The Balaban J connectivity index is 1.51. The van der Waals surface area contributed by atoms with Gasteiger partial charge >= 0.3 is 6.09 Å². The zero-order valence-electron chi connectivity index (χ0n) is 21.3. The van der Waals surface area contributed by atoms with E-state index in [0.717, 1.165) is 12.8 Å². The quantitative estimate of drug-likeness (QED) is 0.426. The van der Waals surface area contributed by atoms with Crippen molar-refractivity contribution in [3.63, 3.8) is 0 Å². The number of pyridine rings is 1. The molecule has 2 fully saturated rings. The summed E-state index contributed by atoms with van der Waals surface area (Å²) in [6.07, 6.45) is 2.46. The summed E-state index contributed by atoms with van der Waals surface area (Å²) in [5.74, 6) is -0.449. The summed E-state index contributed by atoms with van der Waals surface area (Å²) in [7, 11) is 1.48. The number of piperazine rings is 1. The molecule has 5 rings (SSSR count). The first-order valence-corrected chi connectivity index (χ1v) is 13.3. The highest BCUT2D eigenvalue weighted by Crippen LogP contribution is 2.44. The second-order valence-corrected chi connectivity index (χ2v) is 10.8. The van der Waals surface area contributed by atoms with E-state index in [0.29, 0.717) is 45.7 Å². The van der Waals surface area contributed by atoms with Crippen LogP contribution in [0.3, 0.4) is 0 Å². The van der Waals surface area contributed by atoms with Gasteiger partial charge in [-0.3, -0.25) is 4.79 Å². The Bertz CT molecular complexity index is 1450. The van der Waals surface area contributed by atoms with Crippen LogP contribution >= 0.6 is 23.2 Å². The first kappa shape index (κ1) is 26.6. The fraction of sp³-hybridized carbons (Fsp3) is 0.407. The summed E-state index contributed by atoms with van der Waals surface area (Å²) in [6, 6.07) is 6.54. The molecule has 0 radical (unpaired) electrons. The van der Waals surface area contributed by atoms with Crippen LogP contribution < -0.4 is 30.4 Å². The summed E-state index contributed by atoms with van der Waals surface area (Å²) in [5.41, 5.74) is 0.872. The first-order chi connectivity index (χ1) is 18.2. The van der Waals surface area contributed by atoms with Crippen LogP contribution in [0.5, 0.6) is 11.5 Å². The number of nitrogens with zero attached hydrogens (tertiary/aromatic N) is 2. The van der Waals surface area contributed by atoms with Crippen LogP contribution in [0, 0.1) is 5.82 Å². The van der Waals surface area contributed by atoms with Crippen molar-refractivity contribution in [2.24, 2.45) is 0 Å². The molecule has 2 unspecified atom stereocenters. The van der Waals surface area contributed by atoms with Gasteiger partial charge in [-0.15, -0.1) is 0 Å². The Kier molecular flexibility index (Phi) is 7.44. The summed E-state index contributed by atoms with van der Waals surface area (Å²) >= 11 is 12.1. The Labute approximate surface area is 229 Å². The van der Waals surface area contributed by atoms with E-state index in [2.05, 4.69) is 10.6 Å². The number of nitrogens with one attached hydrogen (secondary N) is 2. The molecule has 2 aromatic carbocycles. The summed E-state index contributed by atoms with van der Waals surface area (Å²) < 4.78 is 28.7. The number of anilines is 1. The Morgan fingerprint density at radius 1 is 1.18 bits per heavy atom. The largest absolute Gasteiger partial charge is 0.492 e. The van der Waals surface area contributed by atoms with Crippen molar-refractivity contribution in [1.29, 1.82) is 0 Å². The highest BCUT2D eigenvalue weighted by Gasteiger charge is 2.32. The van der Waals surface area contributed by atoms with Crippen molar-refractivity contribution in [2.45, 2.75) is 51.4 Å². The number of rotatable bonds is 6. The predicted octanol–water partition coefficient (Wildman–Crippen LogP) is 5.27. The Morgan fingerprint density at radius 2 is 1.89 bits per heavy atom. The van der Waals surface area contributed by atoms with Gasteiger partial charge in [-0.2, -0.15) is 0 Å². The van der Waals surface area contributed by atoms with Gasteiger partial charge < -0.3 is 29.6 Å². The van der Waals surface area contributed by atoms with Crippen LogP contribution in [0.1, 0.15) is 38.3 Å². The van der Waals surface area contributed by atoms with Crippen molar-refractivity contribution in [1.82, 2.24) is 15.2 Å². The lowest BCUT2D eigenvalue weighted by Crippen LogP contribution is -2.54. The maximum Gasteiger partial charge on any atom is 0.413 e. The number of aromatic nitrogens is 1. The topological polar surface area (TPSA) is 84.8 Å². The van der Waals surface area contributed by atoms with E-state index >= 15 is 4.39 Å². The van der Waals surface area contributed by atoms with E-state index < -0.39 is 17.3 Å². The third-order valence-electron chi connectivity index (χ3n) is 6.82. The van der Waals surface area contributed by atoms with E-state index in [1.807, 2.05) is 23.3 Å². The summed E-state index contributed by atoms with van der Waals surface area (Å²) in [4.78, 5) is 28.0. The number of methoxy groups -OCH3 is 1. The van der Waals surface area contributed by atoms with Gasteiger partial charge in [-0.25, -0.2) is 9.18 Å². The predicted molar refractivity (Wildman–Crippen MR) is 147 cm³/mol. The number of hydrogen-bond acceptors (Lipinski definition) is 6. The lowest BCUT2D eigenvalue weighted by Gasteiger charge is -2.38. The molecular weight excluding hydrogens is 534 g/mol. The molecule has 2 aliphatic rings. The van der Waals surface area contributed by atoms with Crippen molar-refractivity contribution >= 4 is 45.9 Å². The lowest BCUT2D eigenvalue weighted by molar-refractivity contribution is 0.199. The number of halogens is 3. The molecular formula is C27H29Cl2FN4O4. The molecule has 1 aliphatic carbocycles. The number of amides is 1. The maximum atomic E-state index is 15.7. The van der Waals surface area contributed by atoms with Gasteiger partial charge in [0.1, 0.15) is 5.69 Å². The van der Waals surface area contributed by atoms with Gasteiger partial charge in [-0.05, 0) is 50.5 Å². The van der Waals surface area contributed by atoms with E-state index in [1.165, 1.54) is 19.4 Å². The van der Waals surface area contributed by atoms with Gasteiger partial charge in [0.25, 0.3) is 0 Å². The molecule has 2 atom stereocenters. The molecule has 8 nitrogen and oxygen atoms in total. The van der Waals surface area contributed by atoms with E-state index in [-0.39, 0.29) is 35.8 Å². The van der Waals surface area contributed by atoms with Crippen LogP contribution in [0.2, 0.25) is 10.0 Å². The molecule has 1 amide bonds. The van der Waals surface area contributed by atoms with E-state index in [1.54, 1.807) is 18.2 Å². The minimum Gasteiger partial charge on any atom is -0.492 e.